The zero-order valence-corrected chi connectivity index (χ0v) is 26.1. The van der Waals surface area contributed by atoms with Crippen LogP contribution in [-0.4, -0.2) is 56.9 Å². The Balaban J connectivity index is 1.28. The van der Waals surface area contributed by atoms with Crippen LogP contribution in [0.5, 0.6) is 0 Å². The Morgan fingerprint density at radius 3 is 2.36 bits per heavy atom. The van der Waals surface area contributed by atoms with E-state index in [-0.39, 0.29) is 24.7 Å². The predicted molar refractivity (Wildman–Crippen MR) is 169 cm³/mol. The fourth-order valence-corrected chi connectivity index (χ4v) is 6.16. The number of aliphatic hydroxyl groups excluding tert-OH is 1. The summed E-state index contributed by atoms with van der Waals surface area (Å²) in [5.41, 5.74) is 4.04. The first kappa shape index (κ1) is 32.2. The lowest BCUT2D eigenvalue weighted by molar-refractivity contribution is -0.268. The molecule has 12 heteroatoms. The smallest absolute Gasteiger partial charge is 0.328 e. The van der Waals surface area contributed by atoms with Crippen molar-refractivity contribution in [1.82, 2.24) is 20.1 Å². The number of aryl methyl sites for hydroxylation is 1. The van der Waals surface area contributed by atoms with Gasteiger partial charge in [-0.25, -0.2) is 9.59 Å². The van der Waals surface area contributed by atoms with Crippen LogP contribution in [0.15, 0.2) is 90.3 Å². The minimum atomic E-state index is -0.845. The van der Waals surface area contributed by atoms with Crippen LogP contribution in [0.4, 0.5) is 10.5 Å². The molecule has 1 aliphatic rings. The van der Waals surface area contributed by atoms with Gasteiger partial charge in [0.2, 0.25) is 0 Å². The standard InChI is InChI=1S/C33H37N5O6S/c1-21-28(19-45-33-37-34-20-38(33)2)43-31(44-29(21)24-11-9-23(18-39)10-12-24)25-13-15-26(16-14-25)35-32(41)36-27(30(40)42-3)17-22-7-5-4-6-8-22/h4-16,20-21,27-29,31,39H,17-19H2,1-3H3,(H2,35,36,41)/t21-,27-,28+,29+,31+/m0/s1. The number of nitrogens with zero attached hydrogens (tertiary/aromatic N) is 3. The third-order valence-corrected chi connectivity index (χ3v) is 8.81. The summed E-state index contributed by atoms with van der Waals surface area (Å²) in [7, 11) is 3.20. The zero-order chi connectivity index (χ0) is 31.8. The van der Waals surface area contributed by atoms with Gasteiger partial charge in [-0.3, -0.25) is 0 Å². The molecule has 0 unspecified atom stereocenters. The quantitative estimate of drug-likeness (QED) is 0.158. The molecule has 4 aromatic rings. The third kappa shape index (κ3) is 8.28. The molecule has 11 nitrogen and oxygen atoms in total. The maximum atomic E-state index is 12.8. The highest BCUT2D eigenvalue weighted by molar-refractivity contribution is 7.99. The summed E-state index contributed by atoms with van der Waals surface area (Å²) in [6.07, 6.45) is 0.877. The average Bonchev–Trinajstić information content (AvgIpc) is 3.48. The van der Waals surface area contributed by atoms with Gasteiger partial charge in [0, 0.05) is 36.4 Å². The number of thioether (sulfide) groups is 1. The number of hydrogen-bond acceptors (Lipinski definition) is 9. The Bertz CT molecular complexity index is 1550. The van der Waals surface area contributed by atoms with E-state index in [0.717, 1.165) is 27.4 Å². The molecule has 5 rings (SSSR count). The van der Waals surface area contributed by atoms with Crippen molar-refractivity contribution in [2.75, 3.05) is 18.2 Å². The van der Waals surface area contributed by atoms with Gasteiger partial charge in [0.25, 0.3) is 0 Å². The molecular formula is C33H37N5O6S. The van der Waals surface area contributed by atoms with E-state index in [0.29, 0.717) is 17.9 Å². The largest absolute Gasteiger partial charge is 0.467 e. The lowest BCUT2D eigenvalue weighted by atomic mass is 9.91. The summed E-state index contributed by atoms with van der Waals surface area (Å²) in [6, 6.07) is 23.0. The first-order valence-electron chi connectivity index (χ1n) is 14.6. The number of ether oxygens (including phenoxy) is 3. The van der Waals surface area contributed by atoms with Gasteiger partial charge in [0.15, 0.2) is 11.4 Å². The number of urea groups is 1. The van der Waals surface area contributed by atoms with Crippen LogP contribution in [0.3, 0.4) is 0 Å². The van der Waals surface area contributed by atoms with Gasteiger partial charge >= 0.3 is 12.0 Å². The lowest BCUT2D eigenvalue weighted by Crippen LogP contribution is -2.45. The Hall–Kier alpha value is -4.23. The van der Waals surface area contributed by atoms with Crippen LogP contribution in [0.1, 0.15) is 41.6 Å². The first-order chi connectivity index (χ1) is 21.8. The van der Waals surface area contributed by atoms with E-state index in [1.165, 1.54) is 7.11 Å². The van der Waals surface area contributed by atoms with Crippen molar-refractivity contribution in [1.29, 1.82) is 0 Å². The molecule has 1 saturated heterocycles. The van der Waals surface area contributed by atoms with E-state index < -0.39 is 24.3 Å². The van der Waals surface area contributed by atoms with Crippen molar-refractivity contribution in [3.8, 4) is 0 Å². The van der Waals surface area contributed by atoms with E-state index in [1.807, 2.05) is 78.3 Å². The number of hydrogen-bond donors (Lipinski definition) is 3. The highest BCUT2D eigenvalue weighted by Crippen LogP contribution is 2.43. The Labute approximate surface area is 266 Å². The minimum absolute atomic E-state index is 0.0187. The second-order valence-corrected chi connectivity index (χ2v) is 11.8. The van der Waals surface area contributed by atoms with Crippen molar-refractivity contribution in [3.05, 3.63) is 107 Å². The molecule has 0 radical (unpaired) electrons. The topological polar surface area (TPSA) is 137 Å². The van der Waals surface area contributed by atoms with Gasteiger partial charge in [-0.15, -0.1) is 10.2 Å². The van der Waals surface area contributed by atoms with Crippen LogP contribution in [0.2, 0.25) is 0 Å². The molecule has 3 aromatic carbocycles. The molecule has 0 aliphatic carbocycles. The molecule has 3 N–H and O–H groups in total. The SMILES string of the molecule is COC(=O)[C@H](Cc1ccccc1)NC(=O)Nc1ccc([C@@H]2O[C@H](CSc3nncn3C)[C@H](C)[C@H](c3ccc(CO)cc3)O2)cc1. The zero-order valence-electron chi connectivity index (χ0n) is 25.3. The van der Waals surface area contributed by atoms with Crippen LogP contribution in [-0.2, 0) is 39.1 Å². The molecule has 1 aromatic heterocycles. The average molecular weight is 632 g/mol. The second-order valence-electron chi connectivity index (χ2n) is 10.8. The number of esters is 1. The lowest BCUT2D eigenvalue weighted by Gasteiger charge is -2.41. The molecule has 0 bridgehead atoms. The fraction of sp³-hybridized carbons (Fsp3) is 0.333. The van der Waals surface area contributed by atoms with Crippen molar-refractivity contribution in [3.63, 3.8) is 0 Å². The second kappa shape index (κ2) is 15.2. The summed E-state index contributed by atoms with van der Waals surface area (Å²) in [5, 5.41) is 24.0. The number of nitrogens with one attached hydrogen (secondary N) is 2. The van der Waals surface area contributed by atoms with Crippen LogP contribution >= 0.6 is 11.8 Å². The van der Waals surface area contributed by atoms with Crippen LogP contribution in [0, 0.1) is 5.92 Å². The summed E-state index contributed by atoms with van der Waals surface area (Å²) in [6.45, 7) is 2.08. The van der Waals surface area contributed by atoms with Gasteiger partial charge in [-0.2, -0.15) is 0 Å². The number of aliphatic hydroxyl groups is 1. The van der Waals surface area contributed by atoms with Gasteiger partial charge in [0.1, 0.15) is 12.4 Å². The molecule has 236 valence electrons. The summed E-state index contributed by atoms with van der Waals surface area (Å²) >= 11 is 1.57. The number of methoxy groups -OCH3 is 1. The molecule has 2 heterocycles. The van der Waals surface area contributed by atoms with Crippen molar-refractivity contribution >= 4 is 29.4 Å². The molecule has 5 atom stereocenters. The molecule has 0 saturated carbocycles. The Morgan fingerprint density at radius 1 is 1.00 bits per heavy atom. The number of benzene rings is 3. The number of carbonyl (C=O) groups is 2. The normalized spacial score (nSPS) is 20.3. The maximum Gasteiger partial charge on any atom is 0.328 e. The van der Waals surface area contributed by atoms with Crippen molar-refractivity contribution in [2.45, 2.75) is 49.6 Å². The number of aromatic nitrogens is 3. The predicted octanol–water partition coefficient (Wildman–Crippen LogP) is 4.80. The number of rotatable bonds is 11. The number of carbonyl (C=O) groups excluding carboxylic acids is 2. The number of amides is 2. The van der Waals surface area contributed by atoms with Gasteiger partial charge in [0.05, 0.1) is 25.9 Å². The van der Waals surface area contributed by atoms with E-state index in [9.17, 15) is 14.7 Å². The van der Waals surface area contributed by atoms with E-state index in [2.05, 4.69) is 27.8 Å². The fourth-order valence-electron chi connectivity index (χ4n) is 5.10. The van der Waals surface area contributed by atoms with Crippen LogP contribution in [0.25, 0.3) is 0 Å². The maximum absolute atomic E-state index is 12.8. The van der Waals surface area contributed by atoms with E-state index in [4.69, 9.17) is 14.2 Å². The summed E-state index contributed by atoms with van der Waals surface area (Å²) < 4.78 is 19.8. The van der Waals surface area contributed by atoms with Crippen LogP contribution < -0.4 is 10.6 Å². The highest BCUT2D eigenvalue weighted by Gasteiger charge is 2.38. The molecule has 1 aliphatic heterocycles. The van der Waals surface area contributed by atoms with Gasteiger partial charge < -0.3 is 34.5 Å². The third-order valence-electron chi connectivity index (χ3n) is 7.68. The molecule has 1 fully saturated rings. The molecule has 45 heavy (non-hydrogen) atoms. The summed E-state index contributed by atoms with van der Waals surface area (Å²) in [4.78, 5) is 25.2. The first-order valence-corrected chi connectivity index (χ1v) is 15.6. The van der Waals surface area contributed by atoms with E-state index in [1.54, 1.807) is 30.2 Å². The molecular weight excluding hydrogens is 594 g/mol. The van der Waals surface area contributed by atoms with E-state index >= 15 is 0 Å². The number of anilines is 1. The Morgan fingerprint density at radius 2 is 1.71 bits per heavy atom. The molecule has 2 amide bonds. The Kier molecular flexibility index (Phi) is 10.8. The summed E-state index contributed by atoms with van der Waals surface area (Å²) in [5.74, 6) is 0.131. The minimum Gasteiger partial charge on any atom is -0.467 e. The highest BCUT2D eigenvalue weighted by atomic mass is 32.2. The van der Waals surface area contributed by atoms with Gasteiger partial charge in [-0.05, 0) is 28.8 Å². The van der Waals surface area contributed by atoms with Gasteiger partial charge in [-0.1, -0.05) is 85.4 Å². The monoisotopic (exact) mass is 631 g/mol. The van der Waals surface area contributed by atoms with Crippen molar-refractivity contribution in [2.24, 2.45) is 13.0 Å². The molecule has 0 spiro atoms. The van der Waals surface area contributed by atoms with Crippen molar-refractivity contribution < 1.29 is 28.9 Å².